The van der Waals surface area contributed by atoms with Gasteiger partial charge in [-0.2, -0.15) is 13.2 Å². The van der Waals surface area contributed by atoms with Crippen LogP contribution in [0.2, 0.25) is 0 Å². The summed E-state index contributed by atoms with van der Waals surface area (Å²) in [4.78, 5) is 27.3. The molecule has 0 aliphatic carbocycles. The van der Waals surface area contributed by atoms with Crippen molar-refractivity contribution in [2.24, 2.45) is 11.8 Å². The summed E-state index contributed by atoms with van der Waals surface area (Å²) in [6, 6.07) is 9.88. The molecule has 0 bridgehead atoms. The Morgan fingerprint density at radius 2 is 1.74 bits per heavy atom. The number of amides is 2. The molecule has 2 aromatic rings. The van der Waals surface area contributed by atoms with Crippen LogP contribution in [0.3, 0.4) is 0 Å². The summed E-state index contributed by atoms with van der Waals surface area (Å²) in [5, 5.41) is 2.74. The maximum absolute atomic E-state index is 13.0. The first-order chi connectivity index (χ1) is 14.5. The first kappa shape index (κ1) is 22.8. The molecule has 0 saturated carbocycles. The molecule has 2 atom stereocenters. The van der Waals surface area contributed by atoms with E-state index in [2.05, 4.69) is 19.2 Å². The van der Waals surface area contributed by atoms with Gasteiger partial charge in [0.25, 0.3) is 5.91 Å². The number of halogens is 3. The number of nitrogens with zero attached hydrogens (tertiary/aromatic N) is 1. The van der Waals surface area contributed by atoms with E-state index >= 15 is 0 Å². The van der Waals surface area contributed by atoms with Crippen LogP contribution in [0.15, 0.2) is 42.5 Å². The van der Waals surface area contributed by atoms with E-state index in [0.29, 0.717) is 36.2 Å². The van der Waals surface area contributed by atoms with Crippen LogP contribution in [0.1, 0.15) is 47.3 Å². The van der Waals surface area contributed by atoms with E-state index in [1.165, 1.54) is 12.1 Å². The zero-order valence-electron chi connectivity index (χ0n) is 17.9. The lowest BCUT2D eigenvalue weighted by atomic mass is 9.91. The first-order valence-corrected chi connectivity index (χ1v) is 10.4. The molecule has 1 aliphatic heterocycles. The third-order valence-electron chi connectivity index (χ3n) is 5.53. The topological polar surface area (TPSA) is 49.4 Å². The molecule has 31 heavy (non-hydrogen) atoms. The predicted molar refractivity (Wildman–Crippen MR) is 114 cm³/mol. The Labute approximate surface area is 180 Å². The van der Waals surface area contributed by atoms with Gasteiger partial charge in [-0.15, -0.1) is 0 Å². The van der Waals surface area contributed by atoms with Crippen molar-refractivity contribution in [2.75, 3.05) is 18.4 Å². The number of benzene rings is 2. The largest absolute Gasteiger partial charge is 0.416 e. The van der Waals surface area contributed by atoms with E-state index in [-0.39, 0.29) is 17.9 Å². The summed E-state index contributed by atoms with van der Waals surface area (Å²) in [6.45, 7) is 7.47. The number of likely N-dealkylation sites (tertiary alicyclic amines) is 1. The Morgan fingerprint density at radius 1 is 1.06 bits per heavy atom. The normalized spacial score (nSPS) is 19.2. The van der Waals surface area contributed by atoms with Crippen molar-refractivity contribution in [2.45, 2.75) is 39.8 Å². The van der Waals surface area contributed by atoms with Crippen LogP contribution in [-0.4, -0.2) is 29.8 Å². The standard InChI is InChI=1S/C24H27F3N2O2/c1-15-9-16(2)14-29(13-15)23(31)19-8-7-17(3)21(12-19)28-22(30)11-18-5-4-6-20(10-18)24(25,26)27/h4-8,10,12,15-16H,9,11,13-14H2,1-3H3,(H,28,30). The van der Waals surface area contributed by atoms with E-state index in [1.54, 1.807) is 25.1 Å². The van der Waals surface area contributed by atoms with Crippen LogP contribution in [-0.2, 0) is 17.4 Å². The number of aryl methyl sites for hydroxylation is 1. The highest BCUT2D eigenvalue weighted by Gasteiger charge is 2.30. The maximum atomic E-state index is 13.0. The molecule has 1 fully saturated rings. The van der Waals surface area contributed by atoms with Crippen LogP contribution in [0.25, 0.3) is 0 Å². The van der Waals surface area contributed by atoms with Gasteiger partial charge in [0.2, 0.25) is 5.91 Å². The molecule has 3 rings (SSSR count). The molecule has 1 N–H and O–H groups in total. The highest BCUT2D eigenvalue weighted by molar-refractivity contribution is 5.98. The second kappa shape index (κ2) is 9.12. The lowest BCUT2D eigenvalue weighted by Crippen LogP contribution is -2.42. The minimum absolute atomic E-state index is 0.0771. The summed E-state index contributed by atoms with van der Waals surface area (Å²) in [5.74, 6) is 0.355. The van der Waals surface area contributed by atoms with Crippen molar-refractivity contribution in [1.29, 1.82) is 0 Å². The molecular formula is C24H27F3N2O2. The Hall–Kier alpha value is -2.83. The van der Waals surface area contributed by atoms with Crippen LogP contribution in [0.4, 0.5) is 18.9 Å². The number of nitrogens with one attached hydrogen (secondary N) is 1. The van der Waals surface area contributed by atoms with E-state index in [1.807, 2.05) is 4.90 Å². The number of carbonyl (C=O) groups excluding carboxylic acids is 2. The van der Waals surface area contributed by atoms with E-state index in [9.17, 15) is 22.8 Å². The molecule has 0 spiro atoms. The number of carbonyl (C=O) groups is 2. The molecule has 1 saturated heterocycles. The third kappa shape index (κ3) is 5.87. The summed E-state index contributed by atoms with van der Waals surface area (Å²) in [6.07, 6.45) is -3.56. The highest BCUT2D eigenvalue weighted by Crippen LogP contribution is 2.30. The number of alkyl halides is 3. The predicted octanol–water partition coefficient (Wildman–Crippen LogP) is 5.31. The molecule has 0 aromatic heterocycles. The van der Waals surface area contributed by atoms with Crippen molar-refractivity contribution in [1.82, 2.24) is 4.90 Å². The lowest BCUT2D eigenvalue weighted by molar-refractivity contribution is -0.137. The van der Waals surface area contributed by atoms with Crippen molar-refractivity contribution in [3.63, 3.8) is 0 Å². The van der Waals surface area contributed by atoms with Crippen LogP contribution in [0.5, 0.6) is 0 Å². The van der Waals surface area contributed by atoms with Crippen LogP contribution < -0.4 is 5.32 Å². The number of hydrogen-bond donors (Lipinski definition) is 1. The van der Waals surface area contributed by atoms with Gasteiger partial charge in [0.15, 0.2) is 0 Å². The summed E-state index contributed by atoms with van der Waals surface area (Å²) >= 11 is 0. The molecule has 2 aromatic carbocycles. The second-order valence-electron chi connectivity index (χ2n) is 8.61. The van der Waals surface area contributed by atoms with Gasteiger partial charge in [0, 0.05) is 24.3 Å². The van der Waals surface area contributed by atoms with Crippen molar-refractivity contribution >= 4 is 17.5 Å². The molecule has 7 heteroatoms. The smallest absolute Gasteiger partial charge is 0.338 e. The van der Waals surface area contributed by atoms with Gasteiger partial charge in [0.05, 0.1) is 12.0 Å². The fourth-order valence-electron chi connectivity index (χ4n) is 4.14. The number of piperidine rings is 1. The van der Waals surface area contributed by atoms with Gasteiger partial charge in [-0.3, -0.25) is 9.59 Å². The average Bonchev–Trinajstić information content (AvgIpc) is 2.68. The molecular weight excluding hydrogens is 405 g/mol. The minimum atomic E-state index is -4.46. The van der Waals surface area contributed by atoms with Gasteiger partial charge in [-0.25, -0.2) is 0 Å². The summed E-state index contributed by atoms with van der Waals surface area (Å²) in [5.41, 5.74) is 1.23. The molecule has 4 nitrogen and oxygen atoms in total. The Bertz CT molecular complexity index is 962. The quantitative estimate of drug-likeness (QED) is 0.712. The number of rotatable bonds is 4. The lowest BCUT2D eigenvalue weighted by Gasteiger charge is -2.35. The zero-order chi connectivity index (χ0) is 22.8. The van der Waals surface area contributed by atoms with E-state index in [4.69, 9.17) is 0 Å². The fraction of sp³-hybridized carbons (Fsp3) is 0.417. The third-order valence-corrected chi connectivity index (χ3v) is 5.53. The van der Waals surface area contributed by atoms with Gasteiger partial charge in [-0.1, -0.05) is 38.1 Å². The molecule has 1 aliphatic rings. The molecule has 166 valence electrons. The zero-order valence-corrected chi connectivity index (χ0v) is 17.9. The molecule has 2 unspecified atom stereocenters. The van der Waals surface area contributed by atoms with Gasteiger partial charge in [-0.05, 0) is 54.5 Å². The summed E-state index contributed by atoms with van der Waals surface area (Å²) < 4.78 is 38.7. The second-order valence-corrected chi connectivity index (χ2v) is 8.61. The van der Waals surface area contributed by atoms with Gasteiger partial charge < -0.3 is 10.2 Å². The SMILES string of the molecule is Cc1ccc(C(=O)N2CC(C)CC(C)C2)cc1NC(=O)Cc1cccc(C(F)(F)F)c1. The minimum Gasteiger partial charge on any atom is -0.338 e. The van der Waals surface area contributed by atoms with E-state index < -0.39 is 17.6 Å². The first-order valence-electron chi connectivity index (χ1n) is 10.4. The molecule has 0 radical (unpaired) electrons. The van der Waals surface area contributed by atoms with Crippen LogP contribution in [0, 0.1) is 18.8 Å². The molecule has 2 amide bonds. The maximum Gasteiger partial charge on any atom is 0.416 e. The molecule has 1 heterocycles. The van der Waals surface area contributed by atoms with Gasteiger partial charge in [0.1, 0.15) is 0 Å². The Morgan fingerprint density at radius 3 is 2.39 bits per heavy atom. The summed E-state index contributed by atoms with van der Waals surface area (Å²) in [7, 11) is 0. The average molecular weight is 432 g/mol. The van der Waals surface area contributed by atoms with Crippen molar-refractivity contribution in [3.05, 3.63) is 64.7 Å². The Balaban J connectivity index is 1.72. The number of hydrogen-bond acceptors (Lipinski definition) is 2. The van der Waals surface area contributed by atoms with E-state index in [0.717, 1.165) is 24.1 Å². The van der Waals surface area contributed by atoms with Crippen molar-refractivity contribution in [3.8, 4) is 0 Å². The Kier molecular flexibility index (Phi) is 6.72. The fourth-order valence-corrected chi connectivity index (χ4v) is 4.14. The van der Waals surface area contributed by atoms with Gasteiger partial charge >= 0.3 is 6.18 Å². The highest BCUT2D eigenvalue weighted by atomic mass is 19.4. The van der Waals surface area contributed by atoms with Crippen molar-refractivity contribution < 1.29 is 22.8 Å². The number of anilines is 1. The monoisotopic (exact) mass is 432 g/mol. The van der Waals surface area contributed by atoms with Crippen LogP contribution >= 0.6 is 0 Å².